The van der Waals surface area contributed by atoms with Crippen molar-refractivity contribution in [2.24, 2.45) is 0 Å². The van der Waals surface area contributed by atoms with Crippen LogP contribution in [0, 0.1) is 0 Å². The molecule has 2 N–H and O–H groups in total. The minimum atomic E-state index is -1.11. The molecule has 0 saturated carbocycles. The second-order valence-corrected chi connectivity index (χ2v) is 6.29. The smallest absolute Gasteiger partial charge is 0.329 e. The summed E-state index contributed by atoms with van der Waals surface area (Å²) in [5.41, 5.74) is -0.546. The highest BCUT2D eigenvalue weighted by atomic mass is 79.9. The summed E-state index contributed by atoms with van der Waals surface area (Å²) in [5, 5.41) is 12.8. The minimum Gasteiger partial charge on any atom is -0.479 e. The molecule has 1 atom stereocenters. The van der Waals surface area contributed by atoms with Crippen molar-refractivity contribution >= 4 is 45.2 Å². The van der Waals surface area contributed by atoms with Gasteiger partial charge in [-0.15, -0.1) is 0 Å². The average Bonchev–Trinajstić information content (AvgIpc) is 2.87. The number of aliphatic carboxylic acids is 1. The molecular weight excluding hydrogens is 360 g/mol. The van der Waals surface area contributed by atoms with Crippen molar-refractivity contribution in [1.82, 2.24) is 4.90 Å². The molecule has 1 aromatic carbocycles. The molecule has 0 aliphatic carbocycles. The van der Waals surface area contributed by atoms with Gasteiger partial charge >= 0.3 is 12.0 Å². The number of hydrogen-bond donors (Lipinski definition) is 2. The highest BCUT2D eigenvalue weighted by molar-refractivity contribution is 9.10. The third-order valence-corrected chi connectivity index (χ3v) is 4.78. The third-order valence-electron chi connectivity index (χ3n) is 3.89. The van der Waals surface area contributed by atoms with E-state index in [0.29, 0.717) is 41.0 Å². The molecule has 1 aliphatic heterocycles. The van der Waals surface area contributed by atoms with Gasteiger partial charge in [-0.3, -0.25) is 0 Å². The number of nitrogens with zero attached hydrogens (tertiary/aromatic N) is 1. The number of anilines is 1. The van der Waals surface area contributed by atoms with Crippen molar-refractivity contribution in [3.63, 3.8) is 0 Å². The van der Waals surface area contributed by atoms with Crippen molar-refractivity contribution in [1.29, 1.82) is 0 Å². The number of rotatable bonds is 3. The van der Waals surface area contributed by atoms with Gasteiger partial charge in [0, 0.05) is 16.0 Å². The predicted molar refractivity (Wildman–Crippen MR) is 84.8 cm³/mol. The van der Waals surface area contributed by atoms with Crippen molar-refractivity contribution in [2.75, 3.05) is 11.9 Å². The highest BCUT2D eigenvalue weighted by Gasteiger charge is 2.48. The monoisotopic (exact) mass is 374 g/mol. The first-order chi connectivity index (χ1) is 9.90. The molecule has 0 bridgehead atoms. The van der Waals surface area contributed by atoms with E-state index < -0.39 is 17.5 Å². The van der Waals surface area contributed by atoms with Crippen molar-refractivity contribution in [3.05, 3.63) is 27.7 Å². The molecule has 1 aliphatic rings. The number of halogens is 2. The molecule has 1 saturated heterocycles. The number of carboxylic acid groups (broad SMARTS) is 1. The van der Waals surface area contributed by atoms with Crippen molar-refractivity contribution in [3.8, 4) is 0 Å². The van der Waals surface area contributed by atoms with Crippen LogP contribution >= 0.6 is 27.5 Å². The van der Waals surface area contributed by atoms with E-state index >= 15 is 0 Å². The molecule has 1 fully saturated rings. The number of carbonyl (C=O) groups excluding carboxylic acids is 1. The van der Waals surface area contributed by atoms with E-state index in [-0.39, 0.29) is 0 Å². The van der Waals surface area contributed by atoms with E-state index in [2.05, 4.69) is 21.2 Å². The fourth-order valence-electron chi connectivity index (χ4n) is 2.69. The largest absolute Gasteiger partial charge is 0.479 e. The van der Waals surface area contributed by atoms with E-state index in [0.717, 1.165) is 0 Å². The lowest BCUT2D eigenvalue weighted by molar-refractivity contribution is -0.148. The van der Waals surface area contributed by atoms with Gasteiger partial charge in [-0.25, -0.2) is 9.59 Å². The van der Waals surface area contributed by atoms with Gasteiger partial charge in [-0.1, -0.05) is 18.5 Å². The molecule has 0 radical (unpaired) electrons. The Labute approximate surface area is 136 Å². The topological polar surface area (TPSA) is 69.6 Å². The number of nitrogens with one attached hydrogen (secondary N) is 1. The summed E-state index contributed by atoms with van der Waals surface area (Å²) in [6, 6.07) is 4.61. The van der Waals surface area contributed by atoms with Crippen LogP contribution in [0.3, 0.4) is 0 Å². The van der Waals surface area contributed by atoms with E-state index in [1.54, 1.807) is 25.1 Å². The number of carboxylic acids is 1. The lowest BCUT2D eigenvalue weighted by Gasteiger charge is -2.33. The van der Waals surface area contributed by atoms with E-state index in [9.17, 15) is 14.7 Å². The van der Waals surface area contributed by atoms with Crippen LogP contribution in [-0.2, 0) is 4.79 Å². The molecule has 21 heavy (non-hydrogen) atoms. The second-order valence-electron chi connectivity index (χ2n) is 5.00. The summed E-state index contributed by atoms with van der Waals surface area (Å²) in [7, 11) is 0. The first-order valence-electron chi connectivity index (χ1n) is 6.68. The summed E-state index contributed by atoms with van der Waals surface area (Å²) in [5.74, 6) is -0.951. The van der Waals surface area contributed by atoms with E-state index in [4.69, 9.17) is 11.6 Å². The molecule has 114 valence electrons. The Morgan fingerprint density at radius 2 is 2.24 bits per heavy atom. The lowest BCUT2D eigenvalue weighted by atomic mass is 9.93. The van der Waals surface area contributed by atoms with Gasteiger partial charge in [0.15, 0.2) is 0 Å². The summed E-state index contributed by atoms with van der Waals surface area (Å²) < 4.78 is 0.653. The molecule has 0 spiro atoms. The van der Waals surface area contributed by atoms with Gasteiger partial charge in [-0.2, -0.15) is 0 Å². The Balaban J connectivity index is 2.21. The number of urea groups is 1. The molecule has 7 heteroatoms. The Morgan fingerprint density at radius 1 is 1.52 bits per heavy atom. The van der Waals surface area contributed by atoms with Crippen molar-refractivity contribution in [2.45, 2.75) is 31.7 Å². The number of hydrogen-bond acceptors (Lipinski definition) is 2. The molecule has 5 nitrogen and oxygen atoms in total. The molecule has 2 amide bonds. The Bertz CT molecular complexity index is 581. The molecule has 1 aromatic rings. The lowest BCUT2D eigenvalue weighted by Crippen LogP contribution is -2.54. The van der Waals surface area contributed by atoms with Crippen molar-refractivity contribution < 1.29 is 14.7 Å². The Hall–Kier alpha value is -1.27. The summed E-state index contributed by atoms with van der Waals surface area (Å²) in [6.07, 6.45) is 1.56. The summed E-state index contributed by atoms with van der Waals surface area (Å²) in [6.45, 7) is 2.23. The minimum absolute atomic E-state index is 0.386. The molecule has 1 unspecified atom stereocenters. The zero-order chi connectivity index (χ0) is 15.6. The standard InChI is InChI=1S/C14H16BrClN2O3/c1-2-14(12(19)20)6-3-7-18(14)13(21)17-11-5-4-9(16)8-10(11)15/h4-5,8H,2-3,6-7H2,1H3,(H,17,21)(H,19,20). The zero-order valence-corrected chi connectivity index (χ0v) is 13.9. The van der Waals surface area contributed by atoms with Gasteiger partial charge in [0.05, 0.1) is 5.69 Å². The van der Waals surface area contributed by atoms with E-state index in [1.165, 1.54) is 4.90 Å². The fourth-order valence-corrected chi connectivity index (χ4v) is 3.47. The number of likely N-dealkylation sites (tertiary alicyclic amines) is 1. The Kier molecular flexibility index (Phi) is 4.78. The maximum atomic E-state index is 12.4. The second kappa shape index (κ2) is 6.23. The highest BCUT2D eigenvalue weighted by Crippen LogP contribution is 2.34. The van der Waals surface area contributed by atoms with Crippen LogP contribution in [0.5, 0.6) is 0 Å². The van der Waals surface area contributed by atoms with Crippen LogP contribution in [0.2, 0.25) is 5.02 Å². The van der Waals surface area contributed by atoms with Crippen LogP contribution in [-0.4, -0.2) is 34.1 Å². The van der Waals surface area contributed by atoms with Crippen LogP contribution in [0.1, 0.15) is 26.2 Å². The Morgan fingerprint density at radius 3 is 2.81 bits per heavy atom. The quantitative estimate of drug-likeness (QED) is 0.840. The van der Waals surface area contributed by atoms with Crippen LogP contribution in [0.4, 0.5) is 10.5 Å². The number of benzene rings is 1. The summed E-state index contributed by atoms with van der Waals surface area (Å²) in [4.78, 5) is 25.4. The maximum Gasteiger partial charge on any atom is 0.329 e. The van der Waals surface area contributed by atoms with Gasteiger partial charge in [0.1, 0.15) is 5.54 Å². The van der Waals surface area contributed by atoms with Crippen LogP contribution in [0.25, 0.3) is 0 Å². The van der Waals surface area contributed by atoms with Crippen LogP contribution < -0.4 is 5.32 Å². The number of amides is 2. The fraction of sp³-hybridized carbons (Fsp3) is 0.429. The molecule has 0 aromatic heterocycles. The van der Waals surface area contributed by atoms with Gasteiger partial charge in [0.2, 0.25) is 0 Å². The maximum absolute atomic E-state index is 12.4. The van der Waals surface area contributed by atoms with Gasteiger partial charge < -0.3 is 15.3 Å². The van der Waals surface area contributed by atoms with E-state index in [1.807, 2.05) is 0 Å². The first kappa shape index (κ1) is 16.1. The third kappa shape index (κ3) is 3.01. The normalized spacial score (nSPS) is 21.4. The molecule has 2 rings (SSSR count). The average molecular weight is 376 g/mol. The SMILES string of the molecule is CCC1(C(=O)O)CCCN1C(=O)Nc1ccc(Cl)cc1Br. The van der Waals surface area contributed by atoms with Gasteiger partial charge in [-0.05, 0) is 53.4 Å². The first-order valence-corrected chi connectivity index (χ1v) is 7.85. The molecular formula is C14H16BrClN2O3. The zero-order valence-electron chi connectivity index (χ0n) is 11.5. The molecule has 1 heterocycles. The van der Waals surface area contributed by atoms with Gasteiger partial charge in [0.25, 0.3) is 0 Å². The van der Waals surface area contributed by atoms with Crippen LogP contribution in [0.15, 0.2) is 22.7 Å². The number of carbonyl (C=O) groups is 2. The predicted octanol–water partition coefficient (Wildman–Crippen LogP) is 3.96. The summed E-state index contributed by atoms with van der Waals surface area (Å²) >= 11 is 9.18.